The molecular formula is C12H20N4O3. The van der Waals surface area contributed by atoms with Gasteiger partial charge in [-0.25, -0.2) is 0 Å². The van der Waals surface area contributed by atoms with Crippen LogP contribution in [0.5, 0.6) is 0 Å². The van der Waals surface area contributed by atoms with Gasteiger partial charge in [-0.05, 0) is 12.1 Å². The molecule has 7 nitrogen and oxygen atoms in total. The van der Waals surface area contributed by atoms with E-state index in [9.17, 15) is 15.0 Å². The van der Waals surface area contributed by atoms with Gasteiger partial charge < -0.3 is 32.7 Å². The van der Waals surface area contributed by atoms with Gasteiger partial charge in [0.05, 0.1) is 12.7 Å². The number of nitrogens with two attached hydrogens (primary N) is 3. The van der Waals surface area contributed by atoms with Crippen molar-refractivity contribution in [3.05, 3.63) is 23.8 Å². The zero-order valence-corrected chi connectivity index (χ0v) is 10.8. The van der Waals surface area contributed by atoms with Gasteiger partial charge in [-0.1, -0.05) is 6.07 Å². The van der Waals surface area contributed by atoms with E-state index in [1.807, 2.05) is 0 Å². The molecule has 1 aromatic carbocycles. The van der Waals surface area contributed by atoms with Gasteiger partial charge in [-0.2, -0.15) is 0 Å². The Kier molecular flexibility index (Phi) is 4.71. The molecule has 19 heavy (non-hydrogen) atoms. The number of anilines is 2. The average Bonchev–Trinajstić information content (AvgIpc) is 2.40. The third-order valence-corrected chi connectivity index (χ3v) is 3.15. The maximum Gasteiger partial charge on any atom is 0.244 e. The van der Waals surface area contributed by atoms with Crippen LogP contribution in [-0.4, -0.2) is 41.4 Å². The maximum atomic E-state index is 11.6. The molecule has 7 heteroatoms. The Morgan fingerprint density at radius 1 is 1.42 bits per heavy atom. The predicted octanol–water partition coefficient (Wildman–Crippen LogP) is -1.81. The number of amides is 1. The summed E-state index contributed by atoms with van der Waals surface area (Å²) in [6, 6.07) is 4.95. The molecular weight excluding hydrogens is 248 g/mol. The molecule has 2 atom stereocenters. The van der Waals surface area contributed by atoms with Gasteiger partial charge in [0.15, 0.2) is 0 Å². The van der Waals surface area contributed by atoms with Crippen LogP contribution in [0.2, 0.25) is 0 Å². The lowest BCUT2D eigenvalue weighted by Crippen LogP contribution is -2.64. The van der Waals surface area contributed by atoms with Crippen molar-refractivity contribution >= 4 is 17.3 Å². The minimum atomic E-state index is -1.80. The molecule has 0 aliphatic rings. The maximum absolute atomic E-state index is 11.6. The van der Waals surface area contributed by atoms with E-state index in [1.54, 1.807) is 18.2 Å². The lowest BCUT2D eigenvalue weighted by molar-refractivity contribution is -0.132. The van der Waals surface area contributed by atoms with Crippen LogP contribution in [0, 0.1) is 0 Å². The van der Waals surface area contributed by atoms with E-state index in [-0.39, 0.29) is 6.42 Å². The summed E-state index contributed by atoms with van der Waals surface area (Å²) in [5.41, 5.74) is 16.8. The summed E-state index contributed by atoms with van der Waals surface area (Å²) >= 11 is 0. The first kappa shape index (κ1) is 15.2. The normalized spacial score (nSPS) is 15.6. The Bertz CT molecular complexity index is 446. The third kappa shape index (κ3) is 2.95. The summed E-state index contributed by atoms with van der Waals surface area (Å²) in [6.45, 7) is -0.694. The van der Waals surface area contributed by atoms with E-state index in [4.69, 9.17) is 17.2 Å². The number of nitrogens with one attached hydrogen (secondary N) is 1. The Labute approximate surface area is 111 Å². The van der Waals surface area contributed by atoms with Crippen LogP contribution in [-0.2, 0) is 11.2 Å². The molecule has 106 valence electrons. The van der Waals surface area contributed by atoms with Crippen molar-refractivity contribution in [3.63, 3.8) is 0 Å². The van der Waals surface area contributed by atoms with Crippen LogP contribution in [0.25, 0.3) is 0 Å². The number of rotatable bonds is 5. The number of nitrogen functional groups attached to an aromatic ring is 2. The fourth-order valence-corrected chi connectivity index (χ4v) is 1.80. The Hall–Kier alpha value is -1.83. The second-order valence-electron chi connectivity index (χ2n) is 4.41. The lowest BCUT2D eigenvalue weighted by atomic mass is 9.88. The zero-order valence-electron chi connectivity index (χ0n) is 10.8. The minimum Gasteiger partial charge on any atom is -0.398 e. The molecule has 0 radical (unpaired) electrons. The Balaban J connectivity index is 3.01. The fourth-order valence-electron chi connectivity index (χ4n) is 1.80. The van der Waals surface area contributed by atoms with Gasteiger partial charge in [0.2, 0.25) is 5.91 Å². The first-order chi connectivity index (χ1) is 8.86. The SMILES string of the molecule is CNC(=O)C(N)(CO)C(O)Cc1c(N)cccc1N. The molecule has 0 saturated carbocycles. The topological polar surface area (TPSA) is 148 Å². The van der Waals surface area contributed by atoms with Gasteiger partial charge in [-0.15, -0.1) is 0 Å². The molecule has 9 N–H and O–H groups in total. The number of hydrogen-bond donors (Lipinski definition) is 6. The van der Waals surface area contributed by atoms with Gasteiger partial charge in [0.1, 0.15) is 5.54 Å². The summed E-state index contributed by atoms with van der Waals surface area (Å²) in [5.74, 6) is -0.657. The highest BCUT2D eigenvalue weighted by molar-refractivity contribution is 5.87. The summed E-state index contributed by atoms with van der Waals surface area (Å²) in [5, 5.41) is 21.7. The molecule has 0 aromatic heterocycles. The van der Waals surface area contributed by atoms with Crippen molar-refractivity contribution in [2.75, 3.05) is 25.1 Å². The molecule has 1 rings (SSSR count). The van der Waals surface area contributed by atoms with Gasteiger partial charge in [0.25, 0.3) is 0 Å². The third-order valence-electron chi connectivity index (χ3n) is 3.15. The van der Waals surface area contributed by atoms with Crippen LogP contribution < -0.4 is 22.5 Å². The van der Waals surface area contributed by atoms with Crippen LogP contribution in [0.4, 0.5) is 11.4 Å². The molecule has 0 heterocycles. The van der Waals surface area contributed by atoms with Gasteiger partial charge >= 0.3 is 0 Å². The standard InChI is InChI=1S/C12H20N4O3/c1-16-11(19)12(15,6-17)10(18)5-7-8(13)3-2-4-9(7)14/h2-4,10,17-18H,5-6,13-15H2,1H3,(H,16,19). The number of benzene rings is 1. The number of aliphatic hydroxyl groups excluding tert-OH is 2. The highest BCUT2D eigenvalue weighted by atomic mass is 16.3. The highest BCUT2D eigenvalue weighted by Crippen LogP contribution is 2.23. The number of carbonyl (C=O) groups is 1. The summed E-state index contributed by atoms with van der Waals surface area (Å²) in [4.78, 5) is 11.6. The minimum absolute atomic E-state index is 0.0248. The van der Waals surface area contributed by atoms with E-state index in [1.165, 1.54) is 7.05 Å². The lowest BCUT2D eigenvalue weighted by Gasteiger charge is -2.31. The van der Waals surface area contributed by atoms with Crippen molar-refractivity contribution in [1.82, 2.24) is 5.32 Å². The summed E-state index contributed by atoms with van der Waals surface area (Å²) in [7, 11) is 1.37. The van der Waals surface area contributed by atoms with Crippen molar-refractivity contribution in [2.45, 2.75) is 18.1 Å². The highest BCUT2D eigenvalue weighted by Gasteiger charge is 2.40. The predicted molar refractivity (Wildman–Crippen MR) is 73.0 cm³/mol. The molecule has 0 spiro atoms. The van der Waals surface area contributed by atoms with Crippen LogP contribution in [0.3, 0.4) is 0 Å². The largest absolute Gasteiger partial charge is 0.398 e. The Morgan fingerprint density at radius 3 is 2.37 bits per heavy atom. The molecule has 1 amide bonds. The average molecular weight is 268 g/mol. The summed E-state index contributed by atoms with van der Waals surface area (Å²) < 4.78 is 0. The van der Waals surface area contributed by atoms with Crippen molar-refractivity contribution in [3.8, 4) is 0 Å². The monoisotopic (exact) mass is 268 g/mol. The zero-order chi connectivity index (χ0) is 14.6. The first-order valence-corrected chi connectivity index (χ1v) is 5.79. The van der Waals surface area contributed by atoms with E-state index >= 15 is 0 Å². The first-order valence-electron chi connectivity index (χ1n) is 5.79. The van der Waals surface area contributed by atoms with Crippen molar-refractivity contribution < 1.29 is 15.0 Å². The van der Waals surface area contributed by atoms with E-state index in [0.29, 0.717) is 16.9 Å². The van der Waals surface area contributed by atoms with Crippen molar-refractivity contribution in [1.29, 1.82) is 0 Å². The van der Waals surface area contributed by atoms with Gasteiger partial charge in [-0.3, -0.25) is 4.79 Å². The molecule has 2 unspecified atom stereocenters. The van der Waals surface area contributed by atoms with Crippen LogP contribution in [0.15, 0.2) is 18.2 Å². The van der Waals surface area contributed by atoms with E-state index in [2.05, 4.69) is 5.32 Å². The Morgan fingerprint density at radius 2 is 1.95 bits per heavy atom. The van der Waals surface area contributed by atoms with E-state index in [0.717, 1.165) is 0 Å². The molecule has 0 saturated heterocycles. The summed E-state index contributed by atoms with van der Waals surface area (Å²) in [6.07, 6.45) is -1.34. The van der Waals surface area contributed by atoms with Crippen LogP contribution >= 0.6 is 0 Å². The number of hydrogen-bond acceptors (Lipinski definition) is 6. The van der Waals surface area contributed by atoms with Crippen molar-refractivity contribution in [2.24, 2.45) is 5.73 Å². The molecule has 0 fully saturated rings. The number of likely N-dealkylation sites (N-methyl/N-ethyl adjacent to an activating group) is 1. The van der Waals surface area contributed by atoms with Crippen LogP contribution in [0.1, 0.15) is 5.56 Å². The second-order valence-corrected chi connectivity index (χ2v) is 4.41. The fraction of sp³-hybridized carbons (Fsp3) is 0.417. The smallest absolute Gasteiger partial charge is 0.244 e. The van der Waals surface area contributed by atoms with E-state index < -0.39 is 24.2 Å². The quantitative estimate of drug-likeness (QED) is 0.347. The molecule has 0 aliphatic heterocycles. The molecule has 1 aromatic rings. The molecule has 0 aliphatic carbocycles. The second kappa shape index (κ2) is 5.87. The number of carbonyl (C=O) groups excluding carboxylic acids is 1. The molecule has 0 bridgehead atoms. The number of aliphatic hydroxyl groups is 2. The van der Waals surface area contributed by atoms with Gasteiger partial charge in [0, 0.05) is 30.4 Å².